The second kappa shape index (κ2) is 5.75. The van der Waals surface area contributed by atoms with E-state index in [1.54, 1.807) is 4.90 Å². The molecule has 1 aromatic carbocycles. The quantitative estimate of drug-likeness (QED) is 0.727. The predicted octanol–water partition coefficient (Wildman–Crippen LogP) is 3.32. The summed E-state index contributed by atoms with van der Waals surface area (Å²) in [5, 5.41) is 0. The van der Waals surface area contributed by atoms with E-state index < -0.39 is 5.60 Å². The van der Waals surface area contributed by atoms with Crippen molar-refractivity contribution in [1.82, 2.24) is 4.90 Å². The van der Waals surface area contributed by atoms with Crippen molar-refractivity contribution in [2.24, 2.45) is 5.92 Å². The molecule has 0 aliphatic carbocycles. The van der Waals surface area contributed by atoms with Crippen molar-refractivity contribution in [3.8, 4) is 0 Å². The molecule has 2 amide bonds. The lowest BCUT2D eigenvalue weighted by Crippen LogP contribution is -2.53. The van der Waals surface area contributed by atoms with Gasteiger partial charge in [0, 0.05) is 31.5 Å². The van der Waals surface area contributed by atoms with E-state index in [1.807, 2.05) is 25.7 Å². The van der Waals surface area contributed by atoms with Crippen LogP contribution in [0.2, 0.25) is 0 Å². The van der Waals surface area contributed by atoms with E-state index >= 15 is 0 Å². The van der Waals surface area contributed by atoms with E-state index in [9.17, 15) is 9.59 Å². The molecule has 0 unspecified atom stereocenters. The van der Waals surface area contributed by atoms with E-state index in [2.05, 4.69) is 18.2 Å². The Morgan fingerprint density at radius 2 is 2.00 bits per heavy atom. The van der Waals surface area contributed by atoms with Crippen LogP contribution in [0.3, 0.4) is 0 Å². The minimum Gasteiger partial charge on any atom is -0.444 e. The highest BCUT2D eigenvalue weighted by Gasteiger charge is 2.45. The third kappa shape index (κ3) is 2.79. The largest absolute Gasteiger partial charge is 0.444 e. The van der Waals surface area contributed by atoms with Crippen LogP contribution in [-0.2, 0) is 16.0 Å². The molecule has 1 saturated heterocycles. The van der Waals surface area contributed by atoms with Crippen molar-refractivity contribution < 1.29 is 14.3 Å². The Kier molecular flexibility index (Phi) is 3.78. The fraction of sp³-hybridized carbons (Fsp3) is 0.600. The van der Waals surface area contributed by atoms with Crippen molar-refractivity contribution in [2.75, 3.05) is 24.5 Å². The van der Waals surface area contributed by atoms with Gasteiger partial charge in [0.25, 0.3) is 0 Å². The molecule has 0 radical (unpaired) electrons. The zero-order chi connectivity index (χ0) is 17.8. The van der Waals surface area contributed by atoms with Crippen molar-refractivity contribution in [1.29, 1.82) is 0 Å². The molecule has 0 bridgehead atoms. The standard InChI is InChI=1S/C20H26N2O3/c1-20(2,3)25-19(24)21-11-9-15-16(12-21)14-8-4-6-13-7-5-10-22(17(13)14)18(15)23/h4,6,8,15-16H,5,7,9-12H2,1-3H3/t15-,16-/m0/s1. The second-order valence-electron chi connectivity index (χ2n) is 8.38. The van der Waals surface area contributed by atoms with Gasteiger partial charge in [-0.15, -0.1) is 0 Å². The molecule has 3 heterocycles. The number of aryl methyl sites for hydroxylation is 1. The van der Waals surface area contributed by atoms with Crippen molar-refractivity contribution in [2.45, 2.75) is 51.6 Å². The van der Waals surface area contributed by atoms with Crippen LogP contribution in [0, 0.1) is 5.92 Å². The fourth-order valence-electron chi connectivity index (χ4n) is 4.46. The van der Waals surface area contributed by atoms with Gasteiger partial charge < -0.3 is 14.5 Å². The summed E-state index contributed by atoms with van der Waals surface area (Å²) in [5.74, 6) is 0.311. The van der Waals surface area contributed by atoms with Gasteiger partial charge in [-0.25, -0.2) is 4.79 Å². The second-order valence-corrected chi connectivity index (χ2v) is 8.38. The first-order valence-corrected chi connectivity index (χ1v) is 9.26. The van der Waals surface area contributed by atoms with Crippen LogP contribution in [0.15, 0.2) is 18.2 Å². The molecule has 3 aliphatic rings. The number of fused-ring (bicyclic) bond motifs is 2. The van der Waals surface area contributed by atoms with E-state index in [0.717, 1.165) is 25.1 Å². The maximum Gasteiger partial charge on any atom is 0.410 e. The Hall–Kier alpha value is -2.04. The van der Waals surface area contributed by atoms with Crippen LogP contribution in [0.25, 0.3) is 0 Å². The molecule has 134 valence electrons. The summed E-state index contributed by atoms with van der Waals surface area (Å²) in [4.78, 5) is 29.3. The number of hydrogen-bond acceptors (Lipinski definition) is 3. The number of hydrogen-bond donors (Lipinski definition) is 0. The lowest BCUT2D eigenvalue weighted by Gasteiger charge is -2.46. The normalized spacial score (nSPS) is 25.3. The minimum atomic E-state index is -0.501. The molecule has 0 N–H and O–H groups in total. The van der Waals surface area contributed by atoms with Crippen molar-refractivity contribution in [3.63, 3.8) is 0 Å². The molecular formula is C20H26N2O3. The monoisotopic (exact) mass is 342 g/mol. The fourth-order valence-corrected chi connectivity index (χ4v) is 4.46. The number of carbonyl (C=O) groups excluding carboxylic acids is 2. The number of likely N-dealkylation sites (tertiary alicyclic amines) is 1. The molecular weight excluding hydrogens is 316 g/mol. The topological polar surface area (TPSA) is 49.9 Å². The summed E-state index contributed by atoms with van der Waals surface area (Å²) in [6.07, 6.45) is 2.50. The van der Waals surface area contributed by atoms with Gasteiger partial charge in [0.2, 0.25) is 5.91 Å². The zero-order valence-electron chi connectivity index (χ0n) is 15.2. The summed E-state index contributed by atoms with van der Waals surface area (Å²) in [6.45, 7) is 7.62. The Labute approximate surface area is 148 Å². The molecule has 1 fully saturated rings. The Morgan fingerprint density at radius 3 is 2.76 bits per heavy atom. The maximum atomic E-state index is 13.0. The van der Waals surface area contributed by atoms with E-state index in [-0.39, 0.29) is 23.8 Å². The number of rotatable bonds is 0. The number of benzene rings is 1. The number of carbonyl (C=O) groups is 2. The zero-order valence-corrected chi connectivity index (χ0v) is 15.2. The van der Waals surface area contributed by atoms with Crippen LogP contribution < -0.4 is 4.90 Å². The summed E-state index contributed by atoms with van der Waals surface area (Å²) < 4.78 is 5.54. The van der Waals surface area contributed by atoms with Gasteiger partial charge in [-0.2, -0.15) is 0 Å². The van der Waals surface area contributed by atoms with Gasteiger partial charge >= 0.3 is 6.09 Å². The first-order valence-electron chi connectivity index (χ1n) is 9.26. The summed E-state index contributed by atoms with van der Waals surface area (Å²) >= 11 is 0. The smallest absolute Gasteiger partial charge is 0.410 e. The van der Waals surface area contributed by atoms with Crippen LogP contribution in [0.5, 0.6) is 0 Å². The van der Waals surface area contributed by atoms with Gasteiger partial charge in [0.15, 0.2) is 0 Å². The summed E-state index contributed by atoms with van der Waals surface area (Å²) in [5.41, 5.74) is 3.12. The molecule has 25 heavy (non-hydrogen) atoms. The highest BCUT2D eigenvalue weighted by atomic mass is 16.6. The molecule has 0 saturated carbocycles. The first-order chi connectivity index (χ1) is 11.8. The number of ether oxygens (including phenoxy) is 1. The maximum absolute atomic E-state index is 13.0. The average molecular weight is 342 g/mol. The van der Waals surface area contributed by atoms with Crippen LogP contribution in [-0.4, -0.2) is 42.1 Å². The molecule has 4 rings (SSSR count). The minimum absolute atomic E-state index is 0.0143. The Morgan fingerprint density at radius 1 is 1.20 bits per heavy atom. The Balaban J connectivity index is 1.65. The van der Waals surface area contributed by atoms with E-state index in [4.69, 9.17) is 4.74 Å². The van der Waals surface area contributed by atoms with Crippen LogP contribution >= 0.6 is 0 Å². The van der Waals surface area contributed by atoms with Crippen molar-refractivity contribution in [3.05, 3.63) is 29.3 Å². The lowest BCUT2D eigenvalue weighted by molar-refractivity contribution is -0.125. The SMILES string of the molecule is CC(C)(C)OC(=O)N1CC[C@@H]2C(=O)N3CCCc4cccc(c43)[C@@H]2C1. The van der Waals surface area contributed by atoms with E-state index in [1.165, 1.54) is 11.1 Å². The summed E-state index contributed by atoms with van der Waals surface area (Å²) in [6, 6.07) is 6.36. The Bertz CT molecular complexity index is 722. The van der Waals surface area contributed by atoms with Crippen molar-refractivity contribution >= 4 is 17.7 Å². The number of piperidine rings is 1. The van der Waals surface area contributed by atoms with Crippen LogP contribution in [0.1, 0.15) is 50.7 Å². The van der Waals surface area contributed by atoms with Gasteiger partial charge in [-0.1, -0.05) is 18.2 Å². The highest BCUT2D eigenvalue weighted by molar-refractivity contribution is 6.00. The lowest BCUT2D eigenvalue weighted by atomic mass is 9.74. The molecule has 0 aromatic heterocycles. The van der Waals surface area contributed by atoms with Gasteiger partial charge in [0.1, 0.15) is 5.60 Å². The molecule has 5 nitrogen and oxygen atoms in total. The summed E-state index contributed by atoms with van der Waals surface area (Å²) in [7, 11) is 0. The van der Waals surface area contributed by atoms with Gasteiger partial charge in [-0.05, 0) is 51.2 Å². The predicted molar refractivity (Wildman–Crippen MR) is 95.8 cm³/mol. The third-order valence-electron chi connectivity index (χ3n) is 5.50. The number of anilines is 1. The number of amides is 2. The van der Waals surface area contributed by atoms with Gasteiger partial charge in [0.05, 0.1) is 5.69 Å². The highest BCUT2D eigenvalue weighted by Crippen LogP contribution is 2.46. The molecule has 5 heteroatoms. The van der Waals surface area contributed by atoms with E-state index in [0.29, 0.717) is 19.5 Å². The van der Waals surface area contributed by atoms with Crippen LogP contribution in [0.4, 0.5) is 10.5 Å². The molecule has 0 spiro atoms. The van der Waals surface area contributed by atoms with Gasteiger partial charge in [-0.3, -0.25) is 4.79 Å². The average Bonchev–Trinajstić information content (AvgIpc) is 2.57. The number of nitrogens with zero attached hydrogens (tertiary/aromatic N) is 2. The third-order valence-corrected chi connectivity index (χ3v) is 5.50. The number of para-hydroxylation sites is 1. The molecule has 1 aromatic rings. The molecule has 3 aliphatic heterocycles. The first kappa shape index (κ1) is 16.4. The molecule has 2 atom stereocenters.